The van der Waals surface area contributed by atoms with Crippen molar-refractivity contribution in [2.45, 2.75) is 0 Å². The highest BCUT2D eigenvalue weighted by atomic mass is 32.2. The molecular weight excluding hydrogens is 180 g/mol. The normalized spacial score (nSPS) is 20.2. The van der Waals surface area contributed by atoms with Crippen molar-refractivity contribution in [3.8, 4) is 0 Å². The number of hydrogen-bond acceptors (Lipinski definition) is 3. The topological polar surface area (TPSA) is 59.0 Å². The third-order valence-electron chi connectivity index (χ3n) is 1.45. The van der Waals surface area contributed by atoms with Crippen molar-refractivity contribution in [2.75, 3.05) is 32.6 Å². The molecule has 1 aliphatic rings. The number of nitrogens with zero attached hydrogens (tertiary/aromatic N) is 2. The summed E-state index contributed by atoms with van der Waals surface area (Å²) in [5.74, 6) is 0. The lowest BCUT2D eigenvalue weighted by Gasteiger charge is -2.23. The fraction of sp³-hybridized carbons (Fsp3) is 0.833. The number of morpholine rings is 1. The van der Waals surface area contributed by atoms with Crippen LogP contribution in [0.15, 0.2) is 4.40 Å². The van der Waals surface area contributed by atoms with E-state index in [1.54, 1.807) is 0 Å². The smallest absolute Gasteiger partial charge is 0.251 e. The van der Waals surface area contributed by atoms with Gasteiger partial charge in [-0.1, -0.05) is 0 Å². The Morgan fingerprint density at radius 2 is 2.00 bits per heavy atom. The zero-order valence-corrected chi connectivity index (χ0v) is 7.75. The van der Waals surface area contributed by atoms with Crippen molar-refractivity contribution in [1.82, 2.24) is 4.90 Å². The van der Waals surface area contributed by atoms with Crippen LogP contribution in [0.3, 0.4) is 0 Å². The van der Waals surface area contributed by atoms with Crippen molar-refractivity contribution in [3.05, 3.63) is 0 Å². The van der Waals surface area contributed by atoms with Crippen LogP contribution in [0.5, 0.6) is 0 Å². The molecule has 1 saturated heterocycles. The Labute approximate surface area is 72.1 Å². The molecule has 0 radical (unpaired) electrons. The SMILES string of the molecule is CS(=O)(=O)/N=C/N1CCOCC1. The highest BCUT2D eigenvalue weighted by Crippen LogP contribution is 1.94. The van der Waals surface area contributed by atoms with Gasteiger partial charge < -0.3 is 9.64 Å². The summed E-state index contributed by atoms with van der Waals surface area (Å²) in [6.07, 6.45) is 2.43. The molecule has 6 heteroatoms. The Kier molecular flexibility index (Phi) is 3.05. The van der Waals surface area contributed by atoms with Gasteiger partial charge in [0.2, 0.25) is 0 Å². The minimum Gasteiger partial charge on any atom is -0.378 e. The van der Waals surface area contributed by atoms with Crippen LogP contribution in [0.4, 0.5) is 0 Å². The molecule has 0 aromatic rings. The minimum absolute atomic E-state index is 0.635. The lowest BCUT2D eigenvalue weighted by atomic mass is 10.5. The molecule has 1 heterocycles. The maximum atomic E-state index is 10.6. The summed E-state index contributed by atoms with van der Waals surface area (Å²) in [5, 5.41) is 0. The van der Waals surface area contributed by atoms with E-state index in [1.807, 2.05) is 4.90 Å². The van der Waals surface area contributed by atoms with Gasteiger partial charge in [0.1, 0.15) is 6.34 Å². The molecule has 1 rings (SSSR count). The Morgan fingerprint density at radius 1 is 1.42 bits per heavy atom. The van der Waals surface area contributed by atoms with E-state index >= 15 is 0 Å². The van der Waals surface area contributed by atoms with E-state index in [0.29, 0.717) is 26.3 Å². The molecule has 70 valence electrons. The van der Waals surface area contributed by atoms with Crippen LogP contribution < -0.4 is 0 Å². The van der Waals surface area contributed by atoms with Gasteiger partial charge >= 0.3 is 0 Å². The van der Waals surface area contributed by atoms with Gasteiger partial charge in [-0.05, 0) is 0 Å². The molecule has 1 aliphatic heterocycles. The molecular formula is C6H12N2O3S. The predicted molar refractivity (Wildman–Crippen MR) is 45.7 cm³/mol. The lowest BCUT2D eigenvalue weighted by molar-refractivity contribution is 0.0701. The van der Waals surface area contributed by atoms with Crippen molar-refractivity contribution < 1.29 is 13.2 Å². The van der Waals surface area contributed by atoms with Crippen LogP contribution in [0.25, 0.3) is 0 Å². The summed E-state index contributed by atoms with van der Waals surface area (Å²) in [4.78, 5) is 1.82. The summed E-state index contributed by atoms with van der Waals surface area (Å²) < 4.78 is 29.7. The van der Waals surface area contributed by atoms with Crippen molar-refractivity contribution >= 4 is 16.4 Å². The first-order valence-electron chi connectivity index (χ1n) is 3.65. The fourth-order valence-corrected chi connectivity index (χ4v) is 1.15. The van der Waals surface area contributed by atoms with Crippen molar-refractivity contribution in [2.24, 2.45) is 4.40 Å². The third-order valence-corrected chi connectivity index (χ3v) is 1.92. The van der Waals surface area contributed by atoms with E-state index in [4.69, 9.17) is 4.74 Å². The van der Waals surface area contributed by atoms with E-state index < -0.39 is 10.0 Å². The largest absolute Gasteiger partial charge is 0.378 e. The number of hydrogen-bond donors (Lipinski definition) is 0. The molecule has 0 aliphatic carbocycles. The average Bonchev–Trinajstić information content (AvgIpc) is 2.02. The number of sulfonamides is 1. The standard InChI is InChI=1S/C6H12N2O3S/c1-12(9,10)7-6-8-2-4-11-5-3-8/h6H,2-5H2,1H3/b7-6+. The lowest BCUT2D eigenvalue weighted by Crippen LogP contribution is -2.35. The van der Waals surface area contributed by atoms with Gasteiger partial charge in [-0.2, -0.15) is 4.40 Å². The Hall–Kier alpha value is -0.620. The van der Waals surface area contributed by atoms with Crippen LogP contribution >= 0.6 is 0 Å². The summed E-state index contributed by atoms with van der Waals surface area (Å²) in [6, 6.07) is 0. The summed E-state index contributed by atoms with van der Waals surface area (Å²) in [7, 11) is -3.24. The van der Waals surface area contributed by atoms with E-state index in [-0.39, 0.29) is 0 Å². The first-order valence-corrected chi connectivity index (χ1v) is 5.50. The van der Waals surface area contributed by atoms with Gasteiger partial charge in [0.15, 0.2) is 0 Å². The molecule has 0 N–H and O–H groups in total. The molecule has 0 saturated carbocycles. The zero-order valence-electron chi connectivity index (χ0n) is 6.93. The zero-order chi connectivity index (χ0) is 9.03. The van der Waals surface area contributed by atoms with Crippen LogP contribution in [0.2, 0.25) is 0 Å². The highest BCUT2D eigenvalue weighted by molar-refractivity contribution is 7.89. The number of rotatable bonds is 2. The molecule has 1 fully saturated rings. The van der Waals surface area contributed by atoms with Gasteiger partial charge in [0.05, 0.1) is 19.5 Å². The second-order valence-corrected chi connectivity index (χ2v) is 4.28. The van der Waals surface area contributed by atoms with E-state index in [1.165, 1.54) is 6.34 Å². The van der Waals surface area contributed by atoms with Crippen molar-refractivity contribution in [1.29, 1.82) is 0 Å². The average molecular weight is 192 g/mol. The van der Waals surface area contributed by atoms with Gasteiger partial charge in [-0.15, -0.1) is 0 Å². The summed E-state index contributed by atoms with van der Waals surface area (Å²) >= 11 is 0. The summed E-state index contributed by atoms with van der Waals surface area (Å²) in [5.41, 5.74) is 0. The van der Waals surface area contributed by atoms with E-state index in [2.05, 4.69) is 4.40 Å². The van der Waals surface area contributed by atoms with Crippen LogP contribution in [-0.2, 0) is 14.8 Å². The maximum absolute atomic E-state index is 10.6. The van der Waals surface area contributed by atoms with Gasteiger partial charge in [-0.3, -0.25) is 0 Å². The van der Waals surface area contributed by atoms with Gasteiger partial charge in [0, 0.05) is 13.1 Å². The van der Waals surface area contributed by atoms with Crippen LogP contribution in [0, 0.1) is 0 Å². The molecule has 12 heavy (non-hydrogen) atoms. The molecule has 0 spiro atoms. The maximum Gasteiger partial charge on any atom is 0.251 e. The molecule has 0 unspecified atom stereocenters. The van der Waals surface area contributed by atoms with Gasteiger partial charge in [-0.25, -0.2) is 8.42 Å². The fourth-order valence-electron chi connectivity index (χ4n) is 0.845. The molecule has 5 nitrogen and oxygen atoms in total. The summed E-state index contributed by atoms with van der Waals surface area (Å²) in [6.45, 7) is 2.68. The quantitative estimate of drug-likeness (QED) is 0.429. The number of ether oxygens (including phenoxy) is 1. The third kappa shape index (κ3) is 3.68. The minimum atomic E-state index is -3.24. The Morgan fingerprint density at radius 3 is 2.50 bits per heavy atom. The first-order chi connectivity index (χ1) is 5.58. The molecule has 0 bridgehead atoms. The molecule has 0 atom stereocenters. The van der Waals surface area contributed by atoms with E-state index in [0.717, 1.165) is 6.26 Å². The van der Waals surface area contributed by atoms with Crippen LogP contribution in [0.1, 0.15) is 0 Å². The van der Waals surface area contributed by atoms with Crippen molar-refractivity contribution in [3.63, 3.8) is 0 Å². The predicted octanol–water partition coefficient (Wildman–Crippen LogP) is -0.694. The van der Waals surface area contributed by atoms with E-state index in [9.17, 15) is 8.42 Å². The van der Waals surface area contributed by atoms with Gasteiger partial charge in [0.25, 0.3) is 10.0 Å². The molecule has 0 aromatic heterocycles. The first kappa shape index (κ1) is 9.47. The molecule has 0 amide bonds. The second kappa shape index (κ2) is 3.86. The second-order valence-electron chi connectivity index (χ2n) is 2.60. The van der Waals surface area contributed by atoms with Crippen LogP contribution in [-0.4, -0.2) is 52.2 Å². The Bertz CT molecular complexity index is 254. The monoisotopic (exact) mass is 192 g/mol. The Balaban J connectivity index is 2.44. The molecule has 0 aromatic carbocycles. The highest BCUT2D eigenvalue weighted by Gasteiger charge is 2.06.